The van der Waals surface area contributed by atoms with Gasteiger partial charge in [-0.15, -0.1) is 0 Å². The Morgan fingerprint density at radius 2 is 1.58 bits per heavy atom. The Labute approximate surface area is 221 Å². The first-order chi connectivity index (χ1) is 18.4. The predicted octanol–water partition coefficient (Wildman–Crippen LogP) is 1.82. The minimum absolute atomic E-state index is 0.0700. The van der Waals surface area contributed by atoms with Gasteiger partial charge in [0.25, 0.3) is 5.91 Å². The largest absolute Gasteiger partial charge is 0.379 e. The second kappa shape index (κ2) is 11.3. The maximum atomic E-state index is 12.9. The van der Waals surface area contributed by atoms with Crippen molar-refractivity contribution in [1.82, 2.24) is 24.1 Å². The fraction of sp³-hybridized carbons (Fsp3) is 0.308. The predicted molar refractivity (Wildman–Crippen MR) is 140 cm³/mol. The summed E-state index contributed by atoms with van der Waals surface area (Å²) in [6, 6.07) is 15.5. The minimum atomic E-state index is -3.57. The first kappa shape index (κ1) is 25.8. The van der Waals surface area contributed by atoms with E-state index in [1.165, 1.54) is 4.31 Å². The van der Waals surface area contributed by atoms with Gasteiger partial charge in [0, 0.05) is 62.3 Å². The number of hydrogen-bond acceptors (Lipinski definition) is 8. The number of sulfonamides is 1. The third kappa shape index (κ3) is 5.67. The number of anilines is 2. The van der Waals surface area contributed by atoms with Gasteiger partial charge in [-0.2, -0.15) is 4.31 Å². The Hall–Kier alpha value is -3.87. The van der Waals surface area contributed by atoms with Crippen LogP contribution in [0.1, 0.15) is 10.4 Å². The van der Waals surface area contributed by atoms with E-state index in [9.17, 15) is 18.0 Å². The molecule has 2 aromatic carbocycles. The number of nitrogens with zero attached hydrogens (tertiary/aromatic N) is 5. The average molecular weight is 537 g/mol. The van der Waals surface area contributed by atoms with Crippen molar-refractivity contribution in [3.63, 3.8) is 0 Å². The van der Waals surface area contributed by atoms with Gasteiger partial charge in [-0.3, -0.25) is 9.59 Å². The zero-order valence-corrected chi connectivity index (χ0v) is 21.5. The molecule has 1 N–H and O–H groups in total. The SMILES string of the molecule is O=CN1CCN(C(=O)c2ccc(Nc3nccc(-c4ccc(S(=O)(=O)N5CCOCC5)cc4)n3)cc2)CC1. The normalized spacial score (nSPS) is 16.7. The Balaban J connectivity index is 1.24. The summed E-state index contributed by atoms with van der Waals surface area (Å²) in [5.41, 5.74) is 2.68. The van der Waals surface area contributed by atoms with Gasteiger partial charge < -0.3 is 19.9 Å². The van der Waals surface area contributed by atoms with E-state index in [-0.39, 0.29) is 10.8 Å². The second-order valence-electron chi connectivity index (χ2n) is 8.94. The van der Waals surface area contributed by atoms with Crippen molar-refractivity contribution < 1.29 is 22.7 Å². The number of nitrogens with one attached hydrogen (secondary N) is 1. The van der Waals surface area contributed by atoms with Gasteiger partial charge >= 0.3 is 0 Å². The number of amides is 2. The van der Waals surface area contributed by atoms with Crippen LogP contribution in [0.15, 0.2) is 65.7 Å². The molecule has 0 bridgehead atoms. The van der Waals surface area contributed by atoms with Gasteiger partial charge in [-0.05, 0) is 42.5 Å². The van der Waals surface area contributed by atoms with Gasteiger partial charge in [0.15, 0.2) is 0 Å². The molecule has 0 radical (unpaired) electrons. The van der Waals surface area contributed by atoms with Crippen molar-refractivity contribution in [3.8, 4) is 11.3 Å². The monoisotopic (exact) mass is 536 g/mol. The number of morpholine rings is 1. The number of hydrogen-bond donors (Lipinski definition) is 1. The van der Waals surface area contributed by atoms with Crippen molar-refractivity contribution in [2.75, 3.05) is 57.8 Å². The Bertz CT molecular complexity index is 1380. The molecule has 2 aliphatic rings. The highest BCUT2D eigenvalue weighted by molar-refractivity contribution is 7.89. The Kier molecular flexibility index (Phi) is 7.63. The molecule has 1 aromatic heterocycles. The third-order valence-electron chi connectivity index (χ3n) is 6.55. The number of carbonyl (C=O) groups is 2. The molecule has 0 spiro atoms. The number of benzene rings is 2. The molecule has 198 valence electrons. The smallest absolute Gasteiger partial charge is 0.253 e. The minimum Gasteiger partial charge on any atom is -0.379 e. The first-order valence-electron chi connectivity index (χ1n) is 12.3. The Morgan fingerprint density at radius 1 is 0.895 bits per heavy atom. The van der Waals surface area contributed by atoms with Crippen molar-refractivity contribution in [2.45, 2.75) is 4.90 Å². The van der Waals surface area contributed by atoms with Gasteiger partial charge in [0.2, 0.25) is 22.4 Å². The molecular weight excluding hydrogens is 508 g/mol. The Morgan fingerprint density at radius 3 is 2.24 bits per heavy atom. The summed E-state index contributed by atoms with van der Waals surface area (Å²) >= 11 is 0. The van der Waals surface area contributed by atoms with Gasteiger partial charge in [0.1, 0.15) is 0 Å². The highest BCUT2D eigenvalue weighted by Gasteiger charge is 2.26. The van der Waals surface area contributed by atoms with E-state index in [2.05, 4.69) is 15.3 Å². The van der Waals surface area contributed by atoms with E-state index in [0.29, 0.717) is 69.7 Å². The fourth-order valence-corrected chi connectivity index (χ4v) is 5.76. The van der Waals surface area contributed by atoms with Gasteiger partial charge in [-0.1, -0.05) is 12.1 Å². The summed E-state index contributed by atoms with van der Waals surface area (Å²) < 4.78 is 32.4. The van der Waals surface area contributed by atoms with E-state index in [1.54, 1.807) is 70.6 Å². The van der Waals surface area contributed by atoms with Crippen molar-refractivity contribution in [1.29, 1.82) is 0 Å². The highest BCUT2D eigenvalue weighted by atomic mass is 32.2. The van der Waals surface area contributed by atoms with E-state index in [1.807, 2.05) is 0 Å². The fourth-order valence-electron chi connectivity index (χ4n) is 4.35. The van der Waals surface area contributed by atoms with Crippen LogP contribution < -0.4 is 5.32 Å². The third-order valence-corrected chi connectivity index (χ3v) is 8.46. The molecule has 11 nitrogen and oxygen atoms in total. The molecule has 3 heterocycles. The molecular formula is C26H28N6O5S. The number of carbonyl (C=O) groups excluding carboxylic acids is 2. The molecule has 0 saturated carbocycles. The van der Waals surface area contributed by atoms with Crippen molar-refractivity contribution >= 4 is 34.0 Å². The van der Waals surface area contributed by atoms with Crippen LogP contribution in [0.5, 0.6) is 0 Å². The molecule has 3 aromatic rings. The lowest BCUT2D eigenvalue weighted by Crippen LogP contribution is -2.48. The zero-order chi connectivity index (χ0) is 26.5. The quantitative estimate of drug-likeness (QED) is 0.454. The average Bonchev–Trinajstić information content (AvgIpc) is 2.98. The molecule has 5 rings (SSSR count). The molecule has 12 heteroatoms. The number of aromatic nitrogens is 2. The summed E-state index contributed by atoms with van der Waals surface area (Å²) in [5.74, 6) is 0.302. The molecule has 2 amide bonds. The standard InChI is InChI=1S/C26H28N6O5S/c33-19-30-11-13-31(14-12-30)25(34)21-1-5-22(6-2-21)28-26-27-10-9-24(29-26)20-3-7-23(8-4-20)38(35,36)32-15-17-37-18-16-32/h1-10,19H,11-18H2,(H,27,28,29). The first-order valence-corrected chi connectivity index (χ1v) is 13.8. The van der Waals surface area contributed by atoms with Crippen LogP contribution in [-0.4, -0.2) is 97.3 Å². The molecule has 0 atom stereocenters. The van der Waals surface area contributed by atoms with E-state index in [4.69, 9.17) is 4.74 Å². The van der Waals surface area contributed by atoms with Crippen molar-refractivity contribution in [2.24, 2.45) is 0 Å². The second-order valence-corrected chi connectivity index (χ2v) is 10.9. The maximum absolute atomic E-state index is 12.9. The molecule has 0 unspecified atom stereocenters. The maximum Gasteiger partial charge on any atom is 0.253 e. The molecule has 2 aliphatic heterocycles. The van der Waals surface area contributed by atoms with Gasteiger partial charge in [-0.25, -0.2) is 18.4 Å². The van der Waals surface area contributed by atoms with Crippen LogP contribution in [0.25, 0.3) is 11.3 Å². The molecule has 0 aliphatic carbocycles. The summed E-state index contributed by atoms with van der Waals surface area (Å²) in [4.78, 5) is 36.1. The van der Waals surface area contributed by atoms with E-state index in [0.717, 1.165) is 17.7 Å². The highest BCUT2D eigenvalue weighted by Crippen LogP contribution is 2.24. The van der Waals surface area contributed by atoms with Crippen LogP contribution in [0.4, 0.5) is 11.6 Å². The van der Waals surface area contributed by atoms with Crippen LogP contribution in [0.2, 0.25) is 0 Å². The van der Waals surface area contributed by atoms with E-state index >= 15 is 0 Å². The van der Waals surface area contributed by atoms with Crippen LogP contribution >= 0.6 is 0 Å². The molecule has 2 saturated heterocycles. The zero-order valence-electron chi connectivity index (χ0n) is 20.7. The summed E-state index contributed by atoms with van der Waals surface area (Å²) in [6.07, 6.45) is 2.44. The lowest BCUT2D eigenvalue weighted by atomic mass is 10.1. The summed E-state index contributed by atoms with van der Waals surface area (Å²) in [7, 11) is -3.57. The van der Waals surface area contributed by atoms with Crippen LogP contribution in [0.3, 0.4) is 0 Å². The summed E-state index contributed by atoms with van der Waals surface area (Å²) in [5, 5.41) is 3.14. The molecule has 2 fully saturated rings. The molecule has 38 heavy (non-hydrogen) atoms. The van der Waals surface area contributed by atoms with E-state index < -0.39 is 10.0 Å². The number of piperazine rings is 1. The van der Waals surface area contributed by atoms with Gasteiger partial charge in [0.05, 0.1) is 23.8 Å². The number of rotatable bonds is 7. The van der Waals surface area contributed by atoms with Crippen LogP contribution in [0, 0.1) is 0 Å². The van der Waals surface area contributed by atoms with Crippen molar-refractivity contribution in [3.05, 3.63) is 66.4 Å². The lowest BCUT2D eigenvalue weighted by Gasteiger charge is -2.32. The number of ether oxygens (including phenoxy) is 1. The summed E-state index contributed by atoms with van der Waals surface area (Å²) in [6.45, 7) is 3.58. The lowest BCUT2D eigenvalue weighted by molar-refractivity contribution is -0.119. The van der Waals surface area contributed by atoms with Crippen LogP contribution in [-0.2, 0) is 19.6 Å². The topological polar surface area (TPSA) is 125 Å².